The molecule has 0 atom stereocenters. The number of ketones is 1. The van der Waals surface area contributed by atoms with Crippen LogP contribution in [0.4, 0.5) is 0 Å². The number of ether oxygens (including phenoxy) is 4. The van der Waals surface area contributed by atoms with Crippen LogP contribution in [-0.2, 0) is 20.7 Å². The standard InChI is InChI=1S/C24H24BrNO7S/c1-6-32-23(28)20-13(3)22(24(29)33-7-2)34-19(20)11-17(27)15(12-26)8-14-9-16(25)21(31-5)18(10-14)30-4/h8-10H,6-7,11H2,1-5H3/b15-8+. The average Bonchev–Trinajstić information content (AvgIpc) is 3.12. The molecular weight excluding hydrogens is 526 g/mol. The number of halogens is 1. The van der Waals surface area contributed by atoms with E-state index in [0.717, 1.165) is 11.3 Å². The topological polar surface area (TPSA) is 112 Å². The van der Waals surface area contributed by atoms with Gasteiger partial charge in [0.25, 0.3) is 0 Å². The molecule has 0 aliphatic rings. The highest BCUT2D eigenvalue weighted by molar-refractivity contribution is 9.10. The summed E-state index contributed by atoms with van der Waals surface area (Å²) >= 11 is 4.37. The summed E-state index contributed by atoms with van der Waals surface area (Å²) < 4.78 is 21.4. The molecule has 34 heavy (non-hydrogen) atoms. The highest BCUT2D eigenvalue weighted by atomic mass is 79.9. The first-order chi connectivity index (χ1) is 16.2. The first kappa shape index (κ1) is 27.1. The Bertz CT molecular complexity index is 1180. The van der Waals surface area contributed by atoms with E-state index in [4.69, 9.17) is 18.9 Å². The lowest BCUT2D eigenvalue weighted by Crippen LogP contribution is -2.12. The molecule has 0 spiro atoms. The Morgan fingerprint density at radius 2 is 1.74 bits per heavy atom. The predicted molar refractivity (Wildman–Crippen MR) is 131 cm³/mol. The number of methoxy groups -OCH3 is 2. The molecule has 180 valence electrons. The van der Waals surface area contributed by atoms with Crippen molar-refractivity contribution >= 4 is 51.1 Å². The maximum Gasteiger partial charge on any atom is 0.348 e. The Hall–Kier alpha value is -3.16. The van der Waals surface area contributed by atoms with Gasteiger partial charge in [-0.05, 0) is 66.0 Å². The third kappa shape index (κ3) is 6.04. The number of allylic oxidation sites excluding steroid dienone is 1. The number of thiophene rings is 1. The molecule has 1 aromatic carbocycles. The Morgan fingerprint density at radius 1 is 1.09 bits per heavy atom. The summed E-state index contributed by atoms with van der Waals surface area (Å²) in [5, 5.41) is 9.64. The maximum atomic E-state index is 13.0. The monoisotopic (exact) mass is 549 g/mol. The summed E-state index contributed by atoms with van der Waals surface area (Å²) in [7, 11) is 2.97. The van der Waals surface area contributed by atoms with Gasteiger partial charge in [0.1, 0.15) is 10.9 Å². The highest BCUT2D eigenvalue weighted by Crippen LogP contribution is 2.37. The minimum absolute atomic E-state index is 0.127. The molecule has 0 radical (unpaired) electrons. The van der Waals surface area contributed by atoms with Crippen LogP contribution >= 0.6 is 27.3 Å². The van der Waals surface area contributed by atoms with E-state index in [1.54, 1.807) is 32.9 Å². The fourth-order valence-corrected chi connectivity index (χ4v) is 4.97. The largest absolute Gasteiger partial charge is 0.493 e. The fourth-order valence-electron chi connectivity index (χ4n) is 3.16. The number of Topliss-reactive ketones (excluding diaryl/α,β-unsaturated/α-hetero) is 1. The van der Waals surface area contributed by atoms with Gasteiger partial charge in [0.05, 0.1) is 43.0 Å². The van der Waals surface area contributed by atoms with Crippen molar-refractivity contribution in [3.8, 4) is 17.6 Å². The molecule has 0 saturated carbocycles. The number of rotatable bonds is 10. The summed E-state index contributed by atoms with van der Waals surface area (Å²) in [5.41, 5.74) is 0.942. The lowest BCUT2D eigenvalue weighted by Gasteiger charge is -2.10. The molecule has 8 nitrogen and oxygen atoms in total. The summed E-state index contributed by atoms with van der Waals surface area (Å²) in [5.74, 6) is -0.841. The minimum atomic E-state index is -0.638. The van der Waals surface area contributed by atoms with E-state index < -0.39 is 17.7 Å². The van der Waals surface area contributed by atoms with Crippen molar-refractivity contribution < 1.29 is 33.3 Å². The van der Waals surface area contributed by atoms with Crippen molar-refractivity contribution in [1.29, 1.82) is 5.26 Å². The van der Waals surface area contributed by atoms with Crippen LogP contribution in [0.5, 0.6) is 11.5 Å². The minimum Gasteiger partial charge on any atom is -0.493 e. The Balaban J connectivity index is 2.47. The van der Waals surface area contributed by atoms with Crippen LogP contribution in [0.2, 0.25) is 0 Å². The zero-order chi connectivity index (χ0) is 25.4. The molecule has 0 N–H and O–H groups in total. The highest BCUT2D eigenvalue weighted by Gasteiger charge is 2.28. The molecule has 10 heteroatoms. The smallest absolute Gasteiger partial charge is 0.348 e. The van der Waals surface area contributed by atoms with E-state index in [9.17, 15) is 19.6 Å². The van der Waals surface area contributed by atoms with Gasteiger partial charge in [-0.25, -0.2) is 9.59 Å². The van der Waals surface area contributed by atoms with Gasteiger partial charge in [0.15, 0.2) is 17.3 Å². The van der Waals surface area contributed by atoms with Gasteiger partial charge in [-0.15, -0.1) is 11.3 Å². The Labute approximate surface area is 210 Å². The molecule has 0 aliphatic heterocycles. The van der Waals surface area contributed by atoms with Crippen LogP contribution in [-0.4, -0.2) is 45.2 Å². The van der Waals surface area contributed by atoms with Crippen molar-refractivity contribution in [2.45, 2.75) is 27.2 Å². The van der Waals surface area contributed by atoms with Crippen molar-refractivity contribution in [2.75, 3.05) is 27.4 Å². The number of nitrogens with zero attached hydrogens (tertiary/aromatic N) is 1. The zero-order valence-electron chi connectivity index (χ0n) is 19.4. The van der Waals surface area contributed by atoms with Crippen molar-refractivity contribution in [2.24, 2.45) is 0 Å². The molecule has 0 fully saturated rings. The van der Waals surface area contributed by atoms with Crippen LogP contribution < -0.4 is 9.47 Å². The molecule has 0 unspecified atom stereocenters. The Morgan fingerprint density at radius 3 is 2.29 bits per heavy atom. The van der Waals surface area contributed by atoms with Gasteiger partial charge in [-0.3, -0.25) is 4.79 Å². The quantitative estimate of drug-likeness (QED) is 0.233. The first-order valence-corrected chi connectivity index (χ1v) is 11.9. The van der Waals surface area contributed by atoms with Gasteiger partial charge in [-0.2, -0.15) is 5.26 Å². The summed E-state index contributed by atoms with van der Waals surface area (Å²) in [6, 6.07) is 5.23. The third-order valence-electron chi connectivity index (χ3n) is 4.67. The number of carbonyl (C=O) groups is 3. The van der Waals surface area contributed by atoms with Crippen LogP contribution in [0.1, 0.15) is 49.9 Å². The summed E-state index contributed by atoms with van der Waals surface area (Å²) in [6.45, 7) is 5.24. The van der Waals surface area contributed by atoms with E-state index in [2.05, 4.69) is 15.9 Å². The lowest BCUT2D eigenvalue weighted by molar-refractivity contribution is -0.114. The molecule has 2 rings (SSSR count). The van der Waals surface area contributed by atoms with Gasteiger partial charge in [0, 0.05) is 11.3 Å². The first-order valence-electron chi connectivity index (χ1n) is 10.2. The van der Waals surface area contributed by atoms with Crippen molar-refractivity contribution in [3.63, 3.8) is 0 Å². The zero-order valence-corrected chi connectivity index (χ0v) is 21.8. The second-order valence-electron chi connectivity index (χ2n) is 6.80. The van der Waals surface area contributed by atoms with Crippen LogP contribution in [0, 0.1) is 18.3 Å². The molecule has 2 aromatic rings. The fraction of sp³-hybridized carbons (Fsp3) is 0.333. The summed E-state index contributed by atoms with van der Waals surface area (Å²) in [4.78, 5) is 38.5. The van der Waals surface area contributed by atoms with Gasteiger partial charge >= 0.3 is 11.9 Å². The molecule has 0 aliphatic carbocycles. The molecule has 0 saturated heterocycles. The van der Waals surface area contributed by atoms with Crippen molar-refractivity contribution in [1.82, 2.24) is 0 Å². The second kappa shape index (κ2) is 12.3. The van der Waals surface area contributed by atoms with Gasteiger partial charge in [0.2, 0.25) is 0 Å². The third-order valence-corrected chi connectivity index (χ3v) is 6.53. The number of esters is 2. The van der Waals surface area contributed by atoms with Gasteiger partial charge < -0.3 is 18.9 Å². The second-order valence-corrected chi connectivity index (χ2v) is 8.76. The number of hydrogen-bond acceptors (Lipinski definition) is 9. The van der Waals surface area contributed by atoms with Gasteiger partial charge in [-0.1, -0.05) is 0 Å². The molecule has 1 heterocycles. The lowest BCUT2D eigenvalue weighted by atomic mass is 10.0. The maximum absolute atomic E-state index is 13.0. The molecular formula is C24H24BrNO7S. The van der Waals surface area contributed by atoms with Crippen LogP contribution in [0.15, 0.2) is 22.2 Å². The van der Waals surface area contributed by atoms with E-state index in [0.29, 0.717) is 32.0 Å². The van der Waals surface area contributed by atoms with E-state index >= 15 is 0 Å². The number of carbonyl (C=O) groups excluding carboxylic acids is 3. The number of benzene rings is 1. The number of hydrogen-bond donors (Lipinski definition) is 0. The van der Waals surface area contributed by atoms with E-state index in [1.807, 2.05) is 6.07 Å². The van der Waals surface area contributed by atoms with Crippen LogP contribution in [0.3, 0.4) is 0 Å². The van der Waals surface area contributed by atoms with Crippen molar-refractivity contribution in [3.05, 3.63) is 48.6 Å². The van der Waals surface area contributed by atoms with E-state index in [1.165, 1.54) is 20.3 Å². The predicted octanol–water partition coefficient (Wildman–Crippen LogP) is 4.91. The van der Waals surface area contributed by atoms with E-state index in [-0.39, 0.29) is 35.6 Å². The van der Waals surface area contributed by atoms with Crippen LogP contribution in [0.25, 0.3) is 6.08 Å². The molecule has 0 bridgehead atoms. The average molecular weight is 550 g/mol. The summed E-state index contributed by atoms with van der Waals surface area (Å²) in [6.07, 6.45) is 1.17. The Kier molecular flexibility index (Phi) is 9.83. The SMILES string of the molecule is CCOC(=O)c1sc(CC(=O)/C(C#N)=C/c2cc(Br)c(OC)c(OC)c2)c(C(=O)OCC)c1C. The normalized spacial score (nSPS) is 10.9. The number of nitriles is 1. The molecule has 0 amide bonds. The molecule has 1 aromatic heterocycles.